The molecule has 24 heavy (non-hydrogen) atoms. The predicted octanol–water partition coefficient (Wildman–Crippen LogP) is 4.35. The molecule has 0 saturated carbocycles. The Morgan fingerprint density at radius 1 is 1.25 bits per heavy atom. The van der Waals surface area contributed by atoms with E-state index in [0.717, 1.165) is 5.69 Å². The second kappa shape index (κ2) is 7.49. The number of allylic oxidation sites excluding steroid dienone is 2. The number of para-hydroxylation sites is 1. The topological polar surface area (TPSA) is 36.3 Å². The number of hydrogen-bond donors (Lipinski definition) is 0. The summed E-state index contributed by atoms with van der Waals surface area (Å²) in [5.74, 6) is -10.6. The van der Waals surface area contributed by atoms with Crippen molar-refractivity contribution in [1.29, 1.82) is 5.26 Å². The van der Waals surface area contributed by atoms with Crippen LogP contribution >= 0.6 is 0 Å². The molecule has 1 aromatic carbocycles. The zero-order valence-electron chi connectivity index (χ0n) is 13.0. The van der Waals surface area contributed by atoms with Crippen LogP contribution in [0.15, 0.2) is 53.9 Å². The van der Waals surface area contributed by atoms with E-state index in [4.69, 9.17) is 10.00 Å². The van der Waals surface area contributed by atoms with Crippen molar-refractivity contribution >= 4 is 5.69 Å². The Hall–Kier alpha value is -2.33. The minimum absolute atomic E-state index is 0.0674. The molecule has 1 aliphatic carbocycles. The first kappa shape index (κ1) is 18.0. The monoisotopic (exact) mass is 340 g/mol. The lowest BCUT2D eigenvalue weighted by Gasteiger charge is -2.31. The molecule has 0 heterocycles. The maximum atomic E-state index is 14.7. The van der Waals surface area contributed by atoms with Gasteiger partial charge in [0.1, 0.15) is 0 Å². The SMILES string of the molecule is CCN(CCOC1(F)C(F)=CC(F)=C(F)C1C#N)c1ccccc1. The van der Waals surface area contributed by atoms with Gasteiger partial charge in [-0.05, 0) is 19.1 Å². The summed E-state index contributed by atoms with van der Waals surface area (Å²) in [6.45, 7) is 2.32. The predicted molar refractivity (Wildman–Crippen MR) is 81.7 cm³/mol. The maximum Gasteiger partial charge on any atom is 0.284 e. The summed E-state index contributed by atoms with van der Waals surface area (Å²) in [4.78, 5) is 1.84. The molecule has 3 nitrogen and oxygen atoms in total. The van der Waals surface area contributed by atoms with Gasteiger partial charge in [0.15, 0.2) is 23.4 Å². The quantitative estimate of drug-likeness (QED) is 0.722. The summed E-state index contributed by atoms with van der Waals surface area (Å²) in [6, 6.07) is 10.4. The normalized spacial score (nSPS) is 23.7. The van der Waals surface area contributed by atoms with Gasteiger partial charge in [-0.15, -0.1) is 0 Å². The maximum absolute atomic E-state index is 14.7. The van der Waals surface area contributed by atoms with E-state index in [1.807, 2.05) is 42.2 Å². The van der Waals surface area contributed by atoms with Gasteiger partial charge in [0, 0.05) is 24.9 Å². The lowest BCUT2D eigenvalue weighted by atomic mass is 9.93. The zero-order valence-corrected chi connectivity index (χ0v) is 13.0. The summed E-state index contributed by atoms with van der Waals surface area (Å²) < 4.78 is 60.0. The highest BCUT2D eigenvalue weighted by Crippen LogP contribution is 2.43. The fourth-order valence-corrected chi connectivity index (χ4v) is 2.42. The van der Waals surface area contributed by atoms with E-state index in [2.05, 4.69) is 0 Å². The number of anilines is 1. The molecular weight excluding hydrogens is 324 g/mol. The molecule has 1 aromatic rings. The van der Waals surface area contributed by atoms with Crippen molar-refractivity contribution in [3.63, 3.8) is 0 Å². The van der Waals surface area contributed by atoms with Crippen molar-refractivity contribution in [2.24, 2.45) is 5.92 Å². The average molecular weight is 340 g/mol. The molecule has 2 rings (SSSR count). The van der Waals surface area contributed by atoms with Crippen LogP contribution in [0, 0.1) is 17.2 Å². The van der Waals surface area contributed by atoms with Gasteiger partial charge in [0.05, 0.1) is 12.7 Å². The second-order valence-electron chi connectivity index (χ2n) is 5.16. The van der Waals surface area contributed by atoms with Crippen molar-refractivity contribution in [3.05, 3.63) is 53.9 Å². The molecule has 0 bridgehead atoms. The fourth-order valence-electron chi connectivity index (χ4n) is 2.42. The number of ether oxygens (including phenoxy) is 1. The van der Waals surface area contributed by atoms with E-state index in [-0.39, 0.29) is 19.2 Å². The van der Waals surface area contributed by atoms with Gasteiger partial charge in [0.2, 0.25) is 0 Å². The lowest BCUT2D eigenvalue weighted by molar-refractivity contribution is -0.149. The van der Waals surface area contributed by atoms with Crippen LogP contribution in [0.25, 0.3) is 0 Å². The summed E-state index contributed by atoms with van der Waals surface area (Å²) in [6.07, 6.45) is 0.0674. The molecular formula is C17H16F4N2O. The molecule has 0 radical (unpaired) electrons. The molecule has 128 valence electrons. The first-order valence-electron chi connectivity index (χ1n) is 7.39. The van der Waals surface area contributed by atoms with E-state index < -0.39 is 29.3 Å². The van der Waals surface area contributed by atoms with E-state index >= 15 is 0 Å². The van der Waals surface area contributed by atoms with Crippen LogP contribution in [-0.2, 0) is 4.74 Å². The number of rotatable bonds is 6. The van der Waals surface area contributed by atoms with E-state index in [1.165, 1.54) is 6.07 Å². The number of benzene rings is 1. The molecule has 2 atom stereocenters. The molecule has 0 spiro atoms. The highest BCUT2D eigenvalue weighted by atomic mass is 19.2. The minimum atomic E-state index is -3.33. The standard InChI is InChI=1S/C17H16F4N2O/c1-2-23(12-6-4-3-5-7-12)8-9-24-17(21)13(11-22)16(20)14(18)10-15(17)19/h3-7,10,13H,2,8-9H2,1H3. The van der Waals surface area contributed by atoms with Crippen LogP contribution in [0.2, 0.25) is 0 Å². The van der Waals surface area contributed by atoms with Gasteiger partial charge in [-0.3, -0.25) is 0 Å². The number of alkyl halides is 1. The van der Waals surface area contributed by atoms with Crippen LogP contribution in [0.1, 0.15) is 6.92 Å². The highest BCUT2D eigenvalue weighted by Gasteiger charge is 2.51. The number of nitriles is 1. The molecule has 0 aliphatic heterocycles. The summed E-state index contributed by atoms with van der Waals surface area (Å²) in [5.41, 5.74) is 0.852. The van der Waals surface area contributed by atoms with Gasteiger partial charge in [-0.2, -0.15) is 5.26 Å². The van der Waals surface area contributed by atoms with Crippen molar-refractivity contribution in [2.45, 2.75) is 12.8 Å². The molecule has 0 N–H and O–H groups in total. The van der Waals surface area contributed by atoms with E-state index in [1.54, 1.807) is 0 Å². The number of likely N-dealkylation sites (N-methyl/N-ethyl adjacent to an activating group) is 1. The van der Waals surface area contributed by atoms with Crippen molar-refractivity contribution in [2.75, 3.05) is 24.6 Å². The smallest absolute Gasteiger partial charge is 0.284 e. The van der Waals surface area contributed by atoms with Gasteiger partial charge in [-0.25, -0.2) is 17.6 Å². The Kier molecular flexibility index (Phi) is 5.62. The lowest BCUT2D eigenvalue weighted by Crippen LogP contribution is -2.41. The molecule has 1 aliphatic rings. The summed E-state index contributed by atoms with van der Waals surface area (Å²) >= 11 is 0. The third-order valence-electron chi connectivity index (χ3n) is 3.74. The largest absolute Gasteiger partial charge is 0.369 e. The first-order valence-corrected chi connectivity index (χ1v) is 7.39. The van der Waals surface area contributed by atoms with Gasteiger partial charge >= 0.3 is 0 Å². The Balaban J connectivity index is 2.08. The van der Waals surface area contributed by atoms with Crippen LogP contribution in [-0.4, -0.2) is 25.6 Å². The third kappa shape index (κ3) is 3.44. The fraction of sp³-hybridized carbons (Fsp3) is 0.353. The van der Waals surface area contributed by atoms with E-state index in [9.17, 15) is 17.6 Å². The highest BCUT2D eigenvalue weighted by molar-refractivity contribution is 5.45. The Morgan fingerprint density at radius 2 is 1.92 bits per heavy atom. The number of hydrogen-bond acceptors (Lipinski definition) is 3. The zero-order chi connectivity index (χ0) is 17.7. The van der Waals surface area contributed by atoms with Crippen LogP contribution < -0.4 is 4.90 Å². The van der Waals surface area contributed by atoms with Crippen molar-refractivity contribution in [1.82, 2.24) is 0 Å². The van der Waals surface area contributed by atoms with Crippen molar-refractivity contribution in [3.8, 4) is 6.07 Å². The van der Waals surface area contributed by atoms with E-state index in [0.29, 0.717) is 6.54 Å². The van der Waals surface area contributed by atoms with Crippen LogP contribution in [0.5, 0.6) is 0 Å². The second-order valence-corrected chi connectivity index (χ2v) is 5.16. The van der Waals surface area contributed by atoms with Crippen LogP contribution in [0.3, 0.4) is 0 Å². The van der Waals surface area contributed by atoms with Gasteiger partial charge in [-0.1, -0.05) is 18.2 Å². The van der Waals surface area contributed by atoms with Gasteiger partial charge in [0.25, 0.3) is 5.85 Å². The Morgan fingerprint density at radius 3 is 2.50 bits per heavy atom. The third-order valence-corrected chi connectivity index (χ3v) is 3.74. The molecule has 0 amide bonds. The van der Waals surface area contributed by atoms with Crippen molar-refractivity contribution < 1.29 is 22.3 Å². The van der Waals surface area contributed by atoms with Gasteiger partial charge < -0.3 is 9.64 Å². The number of nitrogens with zero attached hydrogens (tertiary/aromatic N) is 2. The molecule has 7 heteroatoms. The summed E-state index contributed by atoms with van der Waals surface area (Å²) in [7, 11) is 0. The summed E-state index contributed by atoms with van der Waals surface area (Å²) in [5, 5.41) is 8.85. The first-order chi connectivity index (χ1) is 11.4. The minimum Gasteiger partial charge on any atom is -0.369 e. The molecule has 0 saturated heterocycles. The number of halogens is 4. The Labute approximate surface area is 137 Å². The van der Waals surface area contributed by atoms with Crippen LogP contribution in [0.4, 0.5) is 23.2 Å². The Bertz CT molecular complexity index is 684. The molecule has 0 fully saturated rings. The molecule has 0 aromatic heterocycles. The average Bonchev–Trinajstić information content (AvgIpc) is 2.58. The molecule has 2 unspecified atom stereocenters.